The summed E-state index contributed by atoms with van der Waals surface area (Å²) in [7, 11) is 1.70. The second-order valence-electron chi connectivity index (χ2n) is 4.17. The van der Waals surface area contributed by atoms with Crippen molar-refractivity contribution >= 4 is 0 Å². The predicted octanol–water partition coefficient (Wildman–Crippen LogP) is 2.69. The first-order valence-electron chi connectivity index (χ1n) is 6.30. The van der Waals surface area contributed by atoms with Gasteiger partial charge in [0.25, 0.3) is 0 Å². The second-order valence-corrected chi connectivity index (χ2v) is 4.17. The van der Waals surface area contributed by atoms with Crippen LogP contribution in [0, 0.1) is 6.92 Å². The lowest BCUT2D eigenvalue weighted by atomic mass is 10.1. The van der Waals surface area contributed by atoms with E-state index in [0.29, 0.717) is 0 Å². The third-order valence-corrected chi connectivity index (χ3v) is 2.68. The van der Waals surface area contributed by atoms with Gasteiger partial charge in [-0.3, -0.25) is 0 Å². The first-order chi connectivity index (χ1) is 8.77. The Morgan fingerprint density at radius 2 is 2.17 bits per heavy atom. The fourth-order valence-corrected chi connectivity index (χ4v) is 1.70. The smallest absolute Gasteiger partial charge is 0.121 e. The zero-order chi connectivity index (χ0) is 13.2. The molecule has 0 bridgehead atoms. The molecular weight excluding hydrogens is 226 g/mol. The van der Waals surface area contributed by atoms with Crippen LogP contribution in [0.15, 0.2) is 30.9 Å². The average Bonchev–Trinajstić information content (AvgIpc) is 2.38. The maximum Gasteiger partial charge on any atom is 0.121 e. The predicted molar refractivity (Wildman–Crippen MR) is 75.1 cm³/mol. The highest BCUT2D eigenvalue weighted by molar-refractivity contribution is 5.36. The standard InChI is InChI=1S/C15H23NO2/c1-4-5-9-18-10-8-16-12-14-6-7-15(17-3)13(2)11-14/h4,6-7,11,16H,1,5,8-10,12H2,2-3H3. The van der Waals surface area contributed by atoms with Gasteiger partial charge in [-0.25, -0.2) is 0 Å². The van der Waals surface area contributed by atoms with Gasteiger partial charge in [-0.15, -0.1) is 6.58 Å². The van der Waals surface area contributed by atoms with E-state index in [-0.39, 0.29) is 0 Å². The van der Waals surface area contributed by atoms with Crippen molar-refractivity contribution in [3.63, 3.8) is 0 Å². The molecule has 0 aromatic heterocycles. The monoisotopic (exact) mass is 249 g/mol. The number of hydrogen-bond acceptors (Lipinski definition) is 3. The zero-order valence-electron chi connectivity index (χ0n) is 11.4. The van der Waals surface area contributed by atoms with Gasteiger partial charge < -0.3 is 14.8 Å². The van der Waals surface area contributed by atoms with Gasteiger partial charge in [0.2, 0.25) is 0 Å². The van der Waals surface area contributed by atoms with E-state index in [9.17, 15) is 0 Å². The summed E-state index contributed by atoms with van der Waals surface area (Å²) in [6, 6.07) is 6.23. The van der Waals surface area contributed by atoms with Gasteiger partial charge in [0.05, 0.1) is 20.3 Å². The Kier molecular flexibility index (Phi) is 7.14. The van der Waals surface area contributed by atoms with Crippen LogP contribution in [0.1, 0.15) is 17.5 Å². The number of rotatable bonds is 9. The Morgan fingerprint density at radius 3 is 2.83 bits per heavy atom. The van der Waals surface area contributed by atoms with Crippen LogP contribution in [-0.2, 0) is 11.3 Å². The summed E-state index contributed by atoms with van der Waals surface area (Å²) < 4.78 is 10.7. The number of aryl methyl sites for hydroxylation is 1. The van der Waals surface area contributed by atoms with Crippen LogP contribution < -0.4 is 10.1 Å². The molecule has 0 saturated heterocycles. The number of hydrogen-bond donors (Lipinski definition) is 1. The topological polar surface area (TPSA) is 30.5 Å². The van der Waals surface area contributed by atoms with Gasteiger partial charge >= 0.3 is 0 Å². The Morgan fingerprint density at radius 1 is 1.33 bits per heavy atom. The van der Waals surface area contributed by atoms with Crippen LogP contribution in [0.4, 0.5) is 0 Å². The molecule has 0 saturated carbocycles. The highest BCUT2D eigenvalue weighted by Gasteiger charge is 1.99. The quantitative estimate of drug-likeness (QED) is 0.539. The lowest BCUT2D eigenvalue weighted by molar-refractivity contribution is 0.140. The molecule has 1 aromatic carbocycles. The lowest BCUT2D eigenvalue weighted by Gasteiger charge is -2.09. The van der Waals surface area contributed by atoms with Crippen LogP contribution in [-0.4, -0.2) is 26.9 Å². The van der Waals surface area contributed by atoms with E-state index in [0.717, 1.165) is 38.5 Å². The molecule has 0 spiro atoms. The van der Waals surface area contributed by atoms with E-state index in [1.165, 1.54) is 11.1 Å². The molecule has 0 aliphatic carbocycles. The molecule has 18 heavy (non-hydrogen) atoms. The molecule has 0 unspecified atom stereocenters. The molecule has 1 rings (SSSR count). The summed E-state index contributed by atoms with van der Waals surface area (Å²) in [6.07, 6.45) is 2.78. The van der Waals surface area contributed by atoms with Crippen LogP contribution in [0.3, 0.4) is 0 Å². The van der Waals surface area contributed by atoms with Crippen LogP contribution in [0.25, 0.3) is 0 Å². The van der Waals surface area contributed by atoms with E-state index < -0.39 is 0 Å². The van der Waals surface area contributed by atoms with Gasteiger partial charge in [0, 0.05) is 13.1 Å². The summed E-state index contributed by atoms with van der Waals surface area (Å²) in [5.41, 5.74) is 2.43. The highest BCUT2D eigenvalue weighted by Crippen LogP contribution is 2.18. The molecule has 0 heterocycles. The van der Waals surface area contributed by atoms with Crippen molar-refractivity contribution in [1.82, 2.24) is 5.32 Å². The first kappa shape index (κ1) is 14.7. The van der Waals surface area contributed by atoms with Crippen molar-refractivity contribution in [3.8, 4) is 5.75 Å². The first-order valence-corrected chi connectivity index (χ1v) is 6.30. The lowest BCUT2D eigenvalue weighted by Crippen LogP contribution is -2.19. The van der Waals surface area contributed by atoms with Crippen LogP contribution in [0.2, 0.25) is 0 Å². The van der Waals surface area contributed by atoms with Gasteiger partial charge in [0.15, 0.2) is 0 Å². The number of ether oxygens (including phenoxy) is 2. The Labute approximate surface area is 110 Å². The third-order valence-electron chi connectivity index (χ3n) is 2.68. The van der Waals surface area contributed by atoms with Crippen molar-refractivity contribution in [2.24, 2.45) is 0 Å². The van der Waals surface area contributed by atoms with Crippen LogP contribution in [0.5, 0.6) is 5.75 Å². The zero-order valence-corrected chi connectivity index (χ0v) is 11.4. The van der Waals surface area contributed by atoms with E-state index in [4.69, 9.17) is 9.47 Å². The van der Waals surface area contributed by atoms with E-state index in [1.807, 2.05) is 12.1 Å². The molecule has 1 aromatic rings. The average molecular weight is 249 g/mol. The summed E-state index contributed by atoms with van der Waals surface area (Å²) in [6.45, 7) is 8.92. The normalized spacial score (nSPS) is 10.3. The number of nitrogens with one attached hydrogen (secondary N) is 1. The van der Waals surface area contributed by atoms with Gasteiger partial charge in [0.1, 0.15) is 5.75 Å². The maximum atomic E-state index is 5.42. The molecule has 1 N–H and O–H groups in total. The Hall–Kier alpha value is -1.32. The molecule has 0 fully saturated rings. The van der Waals surface area contributed by atoms with Gasteiger partial charge in [-0.05, 0) is 30.5 Å². The van der Waals surface area contributed by atoms with Crippen molar-refractivity contribution < 1.29 is 9.47 Å². The summed E-state index contributed by atoms with van der Waals surface area (Å²) >= 11 is 0. The maximum absolute atomic E-state index is 5.42. The van der Waals surface area contributed by atoms with Gasteiger partial charge in [-0.2, -0.15) is 0 Å². The second kappa shape index (κ2) is 8.72. The molecule has 0 atom stereocenters. The van der Waals surface area contributed by atoms with Gasteiger partial charge in [-0.1, -0.05) is 18.2 Å². The molecule has 0 amide bonds. The minimum absolute atomic E-state index is 0.739. The van der Waals surface area contributed by atoms with Crippen LogP contribution >= 0.6 is 0 Å². The molecule has 100 valence electrons. The van der Waals surface area contributed by atoms with E-state index in [1.54, 1.807) is 7.11 Å². The van der Waals surface area contributed by atoms with E-state index >= 15 is 0 Å². The molecule has 0 aliphatic rings. The minimum Gasteiger partial charge on any atom is -0.496 e. The molecule has 0 radical (unpaired) electrons. The Balaban J connectivity index is 2.19. The van der Waals surface area contributed by atoms with Crippen molar-refractivity contribution in [1.29, 1.82) is 0 Å². The molecule has 3 heteroatoms. The fourth-order valence-electron chi connectivity index (χ4n) is 1.70. The third kappa shape index (κ3) is 5.34. The molecular formula is C15H23NO2. The van der Waals surface area contributed by atoms with Crippen molar-refractivity contribution in [2.45, 2.75) is 19.9 Å². The summed E-state index contributed by atoms with van der Waals surface area (Å²) in [5, 5.41) is 3.35. The summed E-state index contributed by atoms with van der Waals surface area (Å²) in [4.78, 5) is 0. The van der Waals surface area contributed by atoms with Crippen molar-refractivity contribution in [3.05, 3.63) is 42.0 Å². The fraction of sp³-hybridized carbons (Fsp3) is 0.467. The largest absolute Gasteiger partial charge is 0.496 e. The highest BCUT2D eigenvalue weighted by atomic mass is 16.5. The number of methoxy groups -OCH3 is 1. The molecule has 3 nitrogen and oxygen atoms in total. The SMILES string of the molecule is C=CCCOCCNCc1ccc(OC)c(C)c1. The summed E-state index contributed by atoms with van der Waals surface area (Å²) in [5.74, 6) is 0.937. The van der Waals surface area contributed by atoms with Crippen molar-refractivity contribution in [2.75, 3.05) is 26.9 Å². The number of benzene rings is 1. The van der Waals surface area contributed by atoms with E-state index in [2.05, 4.69) is 31.0 Å². The minimum atomic E-state index is 0.739. The Bertz CT molecular complexity index is 364. The molecule has 0 aliphatic heterocycles.